The molecule has 1 amide bonds. The van der Waals surface area contributed by atoms with Crippen LogP contribution in [0.2, 0.25) is 0 Å². The van der Waals surface area contributed by atoms with Crippen LogP contribution in [-0.2, 0) is 0 Å². The number of primary amides is 1. The molecule has 0 spiro atoms. The molecule has 0 aliphatic heterocycles. The molecule has 1 aromatic carbocycles. The maximum absolute atomic E-state index is 14.5. The van der Waals surface area contributed by atoms with E-state index in [1.54, 1.807) is 24.3 Å². The van der Waals surface area contributed by atoms with Crippen LogP contribution in [0.5, 0.6) is 0 Å². The van der Waals surface area contributed by atoms with Crippen LogP contribution in [0.25, 0.3) is 0 Å². The Morgan fingerprint density at radius 3 is 2.68 bits per heavy atom. The minimum Gasteiger partial charge on any atom is -0.399 e. The number of nitrogens with two attached hydrogens (primary N) is 3. The van der Waals surface area contributed by atoms with Gasteiger partial charge in [0.15, 0.2) is 11.5 Å². The van der Waals surface area contributed by atoms with Gasteiger partial charge in [0.05, 0.1) is 12.2 Å². The second-order valence-corrected chi connectivity index (χ2v) is 7.35. The summed E-state index contributed by atoms with van der Waals surface area (Å²) < 4.78 is 14.5. The average Bonchev–Trinajstić information content (AvgIpc) is 2.71. The van der Waals surface area contributed by atoms with Crippen LogP contribution in [0.15, 0.2) is 30.5 Å². The summed E-state index contributed by atoms with van der Waals surface area (Å²) in [5.41, 5.74) is 17.0. The van der Waals surface area contributed by atoms with Gasteiger partial charge in [-0.25, -0.2) is 14.4 Å². The molecule has 2 aromatic rings. The topological polar surface area (TPSA) is 193 Å². The van der Waals surface area contributed by atoms with Gasteiger partial charge in [-0.3, -0.25) is 4.79 Å². The summed E-state index contributed by atoms with van der Waals surface area (Å²) in [6, 6.07) is 6.01. The van der Waals surface area contributed by atoms with E-state index in [9.17, 15) is 9.18 Å². The Bertz CT molecular complexity index is 929. The summed E-state index contributed by atoms with van der Waals surface area (Å²) in [5.74, 6) is -0.152. The zero-order chi connectivity index (χ0) is 23.0. The lowest BCUT2D eigenvalue weighted by molar-refractivity contribution is 0.0946. The Hall–Kier alpha value is -3.60. The Morgan fingerprint density at radius 1 is 1.35 bits per heavy atom. The lowest BCUT2D eigenvalue weighted by Gasteiger charge is -2.39. The first-order valence-electron chi connectivity index (χ1n) is 9.68. The molecule has 3 atom stereocenters. The number of carbonyl (C=O) groups is 1. The molecule has 0 radical (unpaired) electrons. The number of nitrogens with one attached hydrogen (secondary N) is 4. The number of hydrogen-bond donors (Lipinski definition) is 7. The Labute approximate surface area is 179 Å². The van der Waals surface area contributed by atoms with Gasteiger partial charge in [-0.1, -0.05) is 6.07 Å². The van der Waals surface area contributed by atoms with Crippen LogP contribution in [0.4, 0.5) is 27.4 Å². The Kier molecular flexibility index (Phi) is 7.97. The van der Waals surface area contributed by atoms with Gasteiger partial charge in [-0.15, -0.1) is 0 Å². The molecule has 0 saturated heterocycles. The van der Waals surface area contributed by atoms with E-state index < -0.39 is 17.6 Å². The van der Waals surface area contributed by atoms with E-state index in [0.717, 1.165) is 25.3 Å². The van der Waals surface area contributed by atoms with Crippen molar-refractivity contribution in [2.24, 2.45) is 11.5 Å². The molecule has 10 N–H and O–H groups in total. The Balaban J connectivity index is 0.000000785. The van der Waals surface area contributed by atoms with E-state index in [1.165, 1.54) is 13.1 Å². The van der Waals surface area contributed by atoms with Gasteiger partial charge in [0.2, 0.25) is 0 Å². The largest absolute Gasteiger partial charge is 0.399 e. The summed E-state index contributed by atoms with van der Waals surface area (Å²) in [5, 5.41) is 18.3. The number of benzene rings is 1. The third kappa shape index (κ3) is 6.44. The smallest absolute Gasteiger partial charge is 0.271 e. The normalized spacial score (nSPS) is 22.4. The second kappa shape index (κ2) is 10.4. The zero-order valence-electron chi connectivity index (χ0n) is 17.2. The lowest BCUT2D eigenvalue weighted by atomic mass is 9.80. The number of halogens is 1. The highest BCUT2D eigenvalue weighted by Crippen LogP contribution is 2.32. The predicted octanol–water partition coefficient (Wildman–Crippen LogP) is 2.21. The lowest BCUT2D eigenvalue weighted by Crippen LogP contribution is -2.55. The number of hydrogen-bond acceptors (Lipinski definition) is 9. The fraction of sp³-hybridized carbons (Fsp3) is 0.350. The highest BCUT2D eigenvalue weighted by molar-refractivity contribution is 6.12. The van der Waals surface area contributed by atoms with Crippen molar-refractivity contribution in [3.63, 3.8) is 0 Å². The molecule has 1 saturated carbocycles. The van der Waals surface area contributed by atoms with Gasteiger partial charge < -0.3 is 38.7 Å². The number of aromatic nitrogens is 2. The molecule has 166 valence electrons. The van der Waals surface area contributed by atoms with Crippen LogP contribution < -0.4 is 27.8 Å². The first-order chi connectivity index (χ1) is 14.7. The number of carbonyl (C=O) groups excluding carboxylic acids is 1. The molecule has 1 fully saturated rings. The molecule has 3 rings (SSSR count). The Morgan fingerprint density at radius 2 is 2.06 bits per heavy atom. The fourth-order valence-electron chi connectivity index (χ4n) is 3.26. The van der Waals surface area contributed by atoms with E-state index in [4.69, 9.17) is 28.0 Å². The van der Waals surface area contributed by atoms with Crippen molar-refractivity contribution in [2.45, 2.75) is 43.9 Å². The highest BCUT2D eigenvalue weighted by atomic mass is 19.1. The molecule has 1 aliphatic rings. The van der Waals surface area contributed by atoms with E-state index in [0.29, 0.717) is 23.6 Å². The fourth-order valence-corrected chi connectivity index (χ4v) is 3.26. The molecule has 10 nitrogen and oxygen atoms in total. The maximum atomic E-state index is 14.5. The van der Waals surface area contributed by atoms with Crippen LogP contribution in [0.3, 0.4) is 0 Å². The van der Waals surface area contributed by atoms with Crippen molar-refractivity contribution in [1.82, 2.24) is 9.97 Å². The van der Waals surface area contributed by atoms with Crippen molar-refractivity contribution in [3.8, 4) is 0 Å². The standard InChI is InChI=1S/C18H24FN7O.C2H4N2/c1-18(19)7-3-6-12(15(18)21)25-13-9-23-14(16(22)27)17(26-13)24-11-5-2-4-10(20)8-11;3-1-2-4/h2,4-5,8-9,12,15H,3,6-7,20-21H2,1H3,(H2,22,27)(H2,24,25,26);1-4H/t12-,15-,18?;/m1./s1. The number of nitrogens with zero attached hydrogens (tertiary/aromatic N) is 2. The van der Waals surface area contributed by atoms with E-state index in [-0.39, 0.29) is 17.6 Å². The molecule has 31 heavy (non-hydrogen) atoms. The molecule has 1 aromatic heterocycles. The summed E-state index contributed by atoms with van der Waals surface area (Å²) >= 11 is 0. The minimum atomic E-state index is -1.45. The first-order valence-corrected chi connectivity index (χ1v) is 9.68. The zero-order valence-corrected chi connectivity index (χ0v) is 17.2. The van der Waals surface area contributed by atoms with Crippen LogP contribution in [-0.4, -0.2) is 46.1 Å². The quantitative estimate of drug-likeness (QED) is 0.270. The van der Waals surface area contributed by atoms with Crippen molar-refractivity contribution in [2.75, 3.05) is 16.4 Å². The molecular weight excluding hydrogens is 401 g/mol. The summed E-state index contributed by atoms with van der Waals surface area (Å²) in [4.78, 5) is 20.2. The third-order valence-corrected chi connectivity index (χ3v) is 4.88. The summed E-state index contributed by atoms with van der Waals surface area (Å²) in [7, 11) is 0. The van der Waals surface area contributed by atoms with Gasteiger partial charge in [0, 0.05) is 29.8 Å². The van der Waals surface area contributed by atoms with Crippen LogP contribution >= 0.6 is 0 Å². The molecule has 11 heteroatoms. The van der Waals surface area contributed by atoms with E-state index in [2.05, 4.69) is 20.6 Å². The highest BCUT2D eigenvalue weighted by Gasteiger charge is 2.40. The van der Waals surface area contributed by atoms with E-state index >= 15 is 0 Å². The number of amides is 1. The molecule has 1 aliphatic carbocycles. The number of anilines is 4. The summed E-state index contributed by atoms with van der Waals surface area (Å²) in [6.07, 6.45) is 5.10. The number of nitrogen functional groups attached to an aromatic ring is 1. The molecule has 0 bridgehead atoms. The number of rotatable bonds is 6. The van der Waals surface area contributed by atoms with Gasteiger partial charge in [0.25, 0.3) is 5.91 Å². The van der Waals surface area contributed by atoms with Crippen molar-refractivity contribution >= 4 is 41.3 Å². The van der Waals surface area contributed by atoms with E-state index in [1.807, 2.05) is 0 Å². The molecule has 1 heterocycles. The number of alkyl halides is 1. The summed E-state index contributed by atoms with van der Waals surface area (Å²) in [6.45, 7) is 1.51. The molecule has 1 unspecified atom stereocenters. The molecular formula is C20H28FN9O. The van der Waals surface area contributed by atoms with Gasteiger partial charge >= 0.3 is 0 Å². The first kappa shape index (κ1) is 23.7. The monoisotopic (exact) mass is 429 g/mol. The second-order valence-electron chi connectivity index (χ2n) is 7.35. The van der Waals surface area contributed by atoms with Crippen LogP contribution in [0.1, 0.15) is 36.7 Å². The van der Waals surface area contributed by atoms with Crippen molar-refractivity contribution in [3.05, 3.63) is 36.2 Å². The predicted molar refractivity (Wildman–Crippen MR) is 121 cm³/mol. The van der Waals surface area contributed by atoms with Crippen LogP contribution in [0, 0.1) is 10.8 Å². The van der Waals surface area contributed by atoms with Gasteiger partial charge in [0.1, 0.15) is 11.5 Å². The van der Waals surface area contributed by atoms with Gasteiger partial charge in [-0.05, 0) is 44.4 Å². The minimum absolute atomic E-state index is 0.00810. The van der Waals surface area contributed by atoms with Crippen molar-refractivity contribution < 1.29 is 9.18 Å². The average molecular weight is 430 g/mol. The third-order valence-electron chi connectivity index (χ3n) is 4.88. The van der Waals surface area contributed by atoms with Crippen molar-refractivity contribution in [1.29, 1.82) is 10.8 Å². The maximum Gasteiger partial charge on any atom is 0.271 e. The SMILES string of the molecule is CC1(F)CCC[C@@H](Nc2cnc(C(N)=O)c(Nc3cccc(N)c3)n2)[C@H]1N.N=CC=N. The van der Waals surface area contributed by atoms with Gasteiger partial charge in [-0.2, -0.15) is 0 Å².